The fraction of sp³-hybridized carbons (Fsp3) is 0.562. The summed E-state index contributed by atoms with van der Waals surface area (Å²) in [6, 6.07) is 5.99. The molecule has 1 unspecified atom stereocenters. The molecule has 1 rings (SSSR count). The van der Waals surface area contributed by atoms with Crippen molar-refractivity contribution in [1.82, 2.24) is 5.32 Å². The molecule has 0 heterocycles. The van der Waals surface area contributed by atoms with E-state index < -0.39 is 0 Å². The van der Waals surface area contributed by atoms with Gasteiger partial charge in [-0.15, -0.1) is 12.4 Å². The third-order valence-electron chi connectivity index (χ3n) is 3.27. The number of benzene rings is 1. The van der Waals surface area contributed by atoms with Crippen molar-refractivity contribution in [3.63, 3.8) is 0 Å². The Bertz CT molecular complexity index is 432. The number of hydrogen-bond acceptors (Lipinski definition) is 2. The molecule has 1 aromatic rings. The highest BCUT2D eigenvalue weighted by atomic mass is 35.5. The molecule has 0 saturated heterocycles. The first-order valence-electron chi connectivity index (χ1n) is 7.11. The molecule has 1 atom stereocenters. The van der Waals surface area contributed by atoms with Gasteiger partial charge in [0, 0.05) is 5.69 Å². The fourth-order valence-corrected chi connectivity index (χ4v) is 2.03. The van der Waals surface area contributed by atoms with E-state index in [2.05, 4.69) is 37.5 Å². The van der Waals surface area contributed by atoms with Gasteiger partial charge in [-0.25, -0.2) is 0 Å². The highest BCUT2D eigenvalue weighted by Crippen LogP contribution is 2.27. The van der Waals surface area contributed by atoms with Crippen LogP contribution in [-0.2, 0) is 4.79 Å². The molecule has 2 N–H and O–H groups in total. The van der Waals surface area contributed by atoms with Gasteiger partial charge in [0.25, 0.3) is 0 Å². The maximum absolute atomic E-state index is 12.2. The highest BCUT2D eigenvalue weighted by molar-refractivity contribution is 5.96. The standard InChI is InChI=1S/C16H26N2O.ClH/c1-6-10-17-13(5)16(19)18-15-12(4)8-7-9-14(15)11(2)3;/h7-9,11,13,17H,6,10H2,1-5H3,(H,18,19);1H. The van der Waals surface area contributed by atoms with Gasteiger partial charge in [0.1, 0.15) is 0 Å². The summed E-state index contributed by atoms with van der Waals surface area (Å²) >= 11 is 0. The second-order valence-electron chi connectivity index (χ2n) is 5.36. The zero-order valence-electron chi connectivity index (χ0n) is 13.1. The van der Waals surface area contributed by atoms with Gasteiger partial charge in [-0.05, 0) is 43.9 Å². The summed E-state index contributed by atoms with van der Waals surface area (Å²) in [5.41, 5.74) is 3.27. The molecule has 0 saturated carbocycles. The summed E-state index contributed by atoms with van der Waals surface area (Å²) in [4.78, 5) is 12.2. The third kappa shape index (κ3) is 5.14. The fourth-order valence-electron chi connectivity index (χ4n) is 2.03. The van der Waals surface area contributed by atoms with E-state index in [0.29, 0.717) is 5.92 Å². The molecule has 0 bridgehead atoms. The van der Waals surface area contributed by atoms with E-state index in [9.17, 15) is 4.79 Å². The summed E-state index contributed by atoms with van der Waals surface area (Å²) < 4.78 is 0. The molecular formula is C16H27ClN2O. The van der Waals surface area contributed by atoms with Crippen LogP contribution in [0.4, 0.5) is 5.69 Å². The maximum Gasteiger partial charge on any atom is 0.241 e. The summed E-state index contributed by atoms with van der Waals surface area (Å²) in [5.74, 6) is 0.429. The summed E-state index contributed by atoms with van der Waals surface area (Å²) in [5, 5.41) is 6.28. The van der Waals surface area contributed by atoms with Gasteiger partial charge >= 0.3 is 0 Å². The Morgan fingerprint density at radius 1 is 1.25 bits per heavy atom. The molecule has 4 heteroatoms. The van der Waals surface area contributed by atoms with E-state index >= 15 is 0 Å². The number of carbonyl (C=O) groups excluding carboxylic acids is 1. The third-order valence-corrected chi connectivity index (χ3v) is 3.27. The molecular weight excluding hydrogens is 272 g/mol. The van der Waals surface area contributed by atoms with Gasteiger partial charge in [0.15, 0.2) is 0 Å². The van der Waals surface area contributed by atoms with E-state index in [1.807, 2.05) is 26.0 Å². The number of carbonyl (C=O) groups is 1. The van der Waals surface area contributed by atoms with Crippen molar-refractivity contribution in [3.05, 3.63) is 29.3 Å². The first kappa shape index (κ1) is 18.9. The minimum absolute atomic E-state index is 0. The number of rotatable bonds is 6. The lowest BCUT2D eigenvalue weighted by molar-refractivity contribution is -0.117. The Hall–Kier alpha value is -1.06. The van der Waals surface area contributed by atoms with Crippen molar-refractivity contribution < 1.29 is 4.79 Å². The number of amides is 1. The molecule has 1 amide bonds. The van der Waals surface area contributed by atoms with Crippen LogP contribution in [-0.4, -0.2) is 18.5 Å². The Balaban J connectivity index is 0.00000361. The van der Waals surface area contributed by atoms with Gasteiger partial charge < -0.3 is 10.6 Å². The maximum atomic E-state index is 12.2. The Morgan fingerprint density at radius 3 is 2.45 bits per heavy atom. The Kier molecular flexibility index (Phi) is 8.51. The second-order valence-corrected chi connectivity index (χ2v) is 5.36. The molecule has 0 aliphatic carbocycles. The van der Waals surface area contributed by atoms with Crippen molar-refractivity contribution in [2.45, 2.75) is 53.0 Å². The van der Waals surface area contributed by atoms with Gasteiger partial charge in [-0.3, -0.25) is 4.79 Å². The summed E-state index contributed by atoms with van der Waals surface area (Å²) in [6.07, 6.45) is 1.03. The molecule has 0 radical (unpaired) electrons. The van der Waals surface area contributed by atoms with E-state index in [4.69, 9.17) is 0 Å². The van der Waals surface area contributed by atoms with Crippen LogP contribution in [0.2, 0.25) is 0 Å². The van der Waals surface area contributed by atoms with Crippen LogP contribution in [0.25, 0.3) is 0 Å². The molecule has 1 aromatic carbocycles. The van der Waals surface area contributed by atoms with Crippen LogP contribution in [0.1, 0.15) is 51.2 Å². The molecule has 0 fully saturated rings. The van der Waals surface area contributed by atoms with Crippen molar-refractivity contribution in [3.8, 4) is 0 Å². The SMILES string of the molecule is CCCNC(C)C(=O)Nc1c(C)cccc1C(C)C.Cl. The molecule has 0 spiro atoms. The smallest absolute Gasteiger partial charge is 0.241 e. The van der Waals surface area contributed by atoms with Crippen molar-refractivity contribution in [2.75, 3.05) is 11.9 Å². The molecule has 3 nitrogen and oxygen atoms in total. The monoisotopic (exact) mass is 298 g/mol. The number of para-hydroxylation sites is 1. The zero-order valence-corrected chi connectivity index (χ0v) is 13.9. The Morgan fingerprint density at radius 2 is 1.90 bits per heavy atom. The van der Waals surface area contributed by atoms with Crippen molar-refractivity contribution in [2.24, 2.45) is 0 Å². The van der Waals surface area contributed by atoms with E-state index in [-0.39, 0.29) is 24.4 Å². The van der Waals surface area contributed by atoms with Crippen molar-refractivity contribution in [1.29, 1.82) is 0 Å². The lowest BCUT2D eigenvalue weighted by Gasteiger charge is -2.19. The average molecular weight is 299 g/mol. The first-order valence-corrected chi connectivity index (χ1v) is 7.11. The number of hydrogen-bond donors (Lipinski definition) is 2. The molecule has 20 heavy (non-hydrogen) atoms. The zero-order chi connectivity index (χ0) is 14.4. The molecule has 0 aliphatic rings. The van der Waals surface area contributed by atoms with Crippen molar-refractivity contribution >= 4 is 24.0 Å². The number of anilines is 1. The summed E-state index contributed by atoms with van der Waals surface area (Å²) in [7, 11) is 0. The molecule has 114 valence electrons. The molecule has 0 aromatic heterocycles. The minimum Gasteiger partial charge on any atom is -0.324 e. The predicted octanol–water partition coefficient (Wildman–Crippen LogP) is 3.87. The first-order chi connectivity index (χ1) is 8.97. The summed E-state index contributed by atoms with van der Waals surface area (Å²) in [6.45, 7) is 11.2. The van der Waals surface area contributed by atoms with E-state index in [1.54, 1.807) is 0 Å². The quantitative estimate of drug-likeness (QED) is 0.837. The molecule has 0 aliphatic heterocycles. The van der Waals surface area contributed by atoms with E-state index in [1.165, 1.54) is 5.56 Å². The topological polar surface area (TPSA) is 41.1 Å². The van der Waals surface area contributed by atoms with Crippen LogP contribution >= 0.6 is 12.4 Å². The normalized spacial score (nSPS) is 11.9. The Labute approximate surface area is 128 Å². The number of nitrogens with one attached hydrogen (secondary N) is 2. The highest BCUT2D eigenvalue weighted by Gasteiger charge is 2.16. The van der Waals surface area contributed by atoms with Crippen LogP contribution in [0, 0.1) is 6.92 Å². The predicted molar refractivity (Wildman–Crippen MR) is 88.9 cm³/mol. The van der Waals surface area contributed by atoms with Crippen LogP contribution in [0.5, 0.6) is 0 Å². The minimum atomic E-state index is -0.167. The number of halogens is 1. The number of aryl methyl sites for hydroxylation is 1. The average Bonchev–Trinajstić information content (AvgIpc) is 2.37. The van der Waals surface area contributed by atoms with Gasteiger partial charge in [0.05, 0.1) is 6.04 Å². The van der Waals surface area contributed by atoms with Crippen LogP contribution < -0.4 is 10.6 Å². The van der Waals surface area contributed by atoms with Crippen LogP contribution in [0.3, 0.4) is 0 Å². The van der Waals surface area contributed by atoms with Gasteiger partial charge in [-0.1, -0.05) is 39.0 Å². The second kappa shape index (κ2) is 8.98. The largest absolute Gasteiger partial charge is 0.324 e. The lowest BCUT2D eigenvalue weighted by atomic mass is 9.98. The van der Waals surface area contributed by atoms with E-state index in [0.717, 1.165) is 24.2 Å². The van der Waals surface area contributed by atoms with Crippen LogP contribution in [0.15, 0.2) is 18.2 Å². The lowest BCUT2D eigenvalue weighted by Crippen LogP contribution is -2.38. The van der Waals surface area contributed by atoms with Gasteiger partial charge in [0.2, 0.25) is 5.91 Å². The van der Waals surface area contributed by atoms with Gasteiger partial charge in [-0.2, -0.15) is 0 Å².